The Morgan fingerprint density at radius 1 is 1.19 bits per heavy atom. The van der Waals surface area contributed by atoms with Gasteiger partial charge in [-0.3, -0.25) is 4.79 Å². The molecule has 0 saturated heterocycles. The molecule has 92 valence electrons. The minimum absolute atomic E-state index is 0.199. The molecule has 16 heavy (non-hydrogen) atoms. The molecule has 0 bridgehead atoms. The molecule has 1 aliphatic heterocycles. The van der Waals surface area contributed by atoms with Gasteiger partial charge in [-0.15, -0.1) is 0 Å². The van der Waals surface area contributed by atoms with Crippen LogP contribution in [0.2, 0.25) is 0 Å². The number of carbonyl (C=O) groups excluding carboxylic acids is 1. The fourth-order valence-electron chi connectivity index (χ4n) is 2.07. The van der Waals surface area contributed by atoms with E-state index >= 15 is 0 Å². The van der Waals surface area contributed by atoms with Gasteiger partial charge >= 0.3 is 0 Å². The van der Waals surface area contributed by atoms with E-state index < -0.39 is 5.60 Å². The number of ketones is 1. The lowest BCUT2D eigenvalue weighted by Gasteiger charge is -2.25. The summed E-state index contributed by atoms with van der Waals surface area (Å²) in [5, 5.41) is 0. The van der Waals surface area contributed by atoms with Crippen LogP contribution < -0.4 is 0 Å². The number of rotatable bonds is 6. The molecule has 0 aliphatic carbocycles. The Balaban J connectivity index is 2.70. The molecule has 0 saturated carbocycles. The summed E-state index contributed by atoms with van der Waals surface area (Å²) in [5.74, 6) is 1.13. The molecular formula is C13H21IO2. The number of ether oxygens (including phenoxy) is 1. The molecule has 0 fully saturated rings. The van der Waals surface area contributed by atoms with Gasteiger partial charge in [0.15, 0.2) is 5.60 Å². The third kappa shape index (κ3) is 2.60. The zero-order valence-corrected chi connectivity index (χ0v) is 12.6. The summed E-state index contributed by atoms with van der Waals surface area (Å²) in [7, 11) is 0. The molecule has 1 rings (SSSR count). The van der Waals surface area contributed by atoms with E-state index in [4.69, 9.17) is 4.74 Å². The van der Waals surface area contributed by atoms with E-state index in [1.54, 1.807) is 0 Å². The summed E-state index contributed by atoms with van der Waals surface area (Å²) in [6.45, 7) is 6.24. The van der Waals surface area contributed by atoms with E-state index in [2.05, 4.69) is 29.5 Å². The Hall–Kier alpha value is -0.0600. The predicted octanol–water partition coefficient (Wildman–Crippen LogP) is 4.37. The first-order valence-corrected chi connectivity index (χ1v) is 7.31. The van der Waals surface area contributed by atoms with Gasteiger partial charge in [-0.05, 0) is 41.9 Å². The highest BCUT2D eigenvalue weighted by Crippen LogP contribution is 2.40. The van der Waals surface area contributed by atoms with E-state index in [1.165, 1.54) is 12.8 Å². The number of carbonyl (C=O) groups is 1. The standard InChI is InChI=1S/C13H21IO2/c1-4-7-8-9-10-11(14)12(15)13(5-2,6-3)16-10/h4-9H2,1-3H3. The molecule has 1 heterocycles. The lowest BCUT2D eigenvalue weighted by molar-refractivity contribution is -0.131. The Kier molecular flexibility index (Phi) is 5.28. The van der Waals surface area contributed by atoms with Gasteiger partial charge in [0, 0.05) is 6.42 Å². The van der Waals surface area contributed by atoms with Gasteiger partial charge in [0.2, 0.25) is 5.78 Å². The minimum Gasteiger partial charge on any atom is -0.482 e. The fourth-order valence-corrected chi connectivity index (χ4v) is 2.94. The Morgan fingerprint density at radius 3 is 2.25 bits per heavy atom. The summed E-state index contributed by atoms with van der Waals surface area (Å²) in [6, 6.07) is 0. The molecule has 0 aromatic carbocycles. The van der Waals surface area contributed by atoms with Crippen LogP contribution in [0.1, 0.15) is 59.3 Å². The average Bonchev–Trinajstić information content (AvgIpc) is 2.55. The SMILES string of the molecule is CCCCCC1=C(I)C(=O)C(CC)(CC)O1. The van der Waals surface area contributed by atoms with Crippen LogP contribution in [0.4, 0.5) is 0 Å². The van der Waals surface area contributed by atoms with Crippen LogP contribution in [0.3, 0.4) is 0 Å². The number of allylic oxidation sites excluding steroid dienone is 1. The van der Waals surface area contributed by atoms with Crippen LogP contribution in [0.5, 0.6) is 0 Å². The van der Waals surface area contributed by atoms with Crippen molar-refractivity contribution in [1.29, 1.82) is 0 Å². The van der Waals surface area contributed by atoms with E-state index in [0.29, 0.717) is 0 Å². The van der Waals surface area contributed by atoms with Crippen LogP contribution >= 0.6 is 22.6 Å². The van der Waals surface area contributed by atoms with E-state index in [0.717, 1.165) is 35.0 Å². The third-order valence-corrected chi connectivity index (χ3v) is 4.42. The summed E-state index contributed by atoms with van der Waals surface area (Å²) >= 11 is 2.15. The molecule has 0 radical (unpaired) electrons. The second-order valence-electron chi connectivity index (χ2n) is 4.33. The Bertz CT molecular complexity index is 290. The lowest BCUT2D eigenvalue weighted by atomic mass is 9.93. The van der Waals surface area contributed by atoms with Crippen molar-refractivity contribution >= 4 is 28.4 Å². The van der Waals surface area contributed by atoms with Crippen LogP contribution in [0, 0.1) is 0 Å². The highest BCUT2D eigenvalue weighted by molar-refractivity contribution is 14.1. The van der Waals surface area contributed by atoms with Gasteiger partial charge in [0.25, 0.3) is 0 Å². The number of hydrogen-bond acceptors (Lipinski definition) is 2. The maximum Gasteiger partial charge on any atom is 0.215 e. The zero-order chi connectivity index (χ0) is 12.2. The first-order valence-electron chi connectivity index (χ1n) is 6.23. The van der Waals surface area contributed by atoms with Gasteiger partial charge in [-0.2, -0.15) is 0 Å². The summed E-state index contributed by atoms with van der Waals surface area (Å²) in [4.78, 5) is 12.1. The van der Waals surface area contributed by atoms with Crippen molar-refractivity contribution in [3.05, 3.63) is 9.34 Å². The highest BCUT2D eigenvalue weighted by Gasteiger charge is 2.45. The molecule has 0 aromatic rings. The van der Waals surface area contributed by atoms with E-state index in [9.17, 15) is 4.79 Å². The largest absolute Gasteiger partial charge is 0.482 e. The molecule has 1 aliphatic rings. The topological polar surface area (TPSA) is 26.3 Å². The maximum atomic E-state index is 12.1. The molecular weight excluding hydrogens is 315 g/mol. The summed E-state index contributed by atoms with van der Waals surface area (Å²) in [6.07, 6.45) is 5.98. The van der Waals surface area contributed by atoms with E-state index in [-0.39, 0.29) is 5.78 Å². The molecule has 3 heteroatoms. The molecule has 0 N–H and O–H groups in total. The van der Waals surface area contributed by atoms with Crippen molar-refractivity contribution in [1.82, 2.24) is 0 Å². The number of Topliss-reactive ketones (excluding diaryl/α,β-unsaturated/α-hetero) is 1. The first-order chi connectivity index (χ1) is 7.61. The first kappa shape index (κ1) is 14.0. The number of unbranched alkanes of at least 4 members (excludes halogenated alkanes) is 2. The summed E-state index contributed by atoms with van der Waals surface area (Å²) in [5.41, 5.74) is -0.544. The normalized spacial score (nSPS) is 19.1. The van der Waals surface area contributed by atoms with Crippen molar-refractivity contribution in [2.75, 3.05) is 0 Å². The second-order valence-corrected chi connectivity index (χ2v) is 5.41. The van der Waals surface area contributed by atoms with E-state index in [1.807, 2.05) is 13.8 Å². The highest BCUT2D eigenvalue weighted by atomic mass is 127. The van der Waals surface area contributed by atoms with Crippen LogP contribution in [0.25, 0.3) is 0 Å². The van der Waals surface area contributed by atoms with Gasteiger partial charge in [-0.25, -0.2) is 0 Å². The summed E-state index contributed by atoms with van der Waals surface area (Å²) < 4.78 is 6.77. The third-order valence-electron chi connectivity index (χ3n) is 3.33. The lowest BCUT2D eigenvalue weighted by Crippen LogP contribution is -2.35. The maximum absolute atomic E-state index is 12.1. The number of halogens is 1. The second kappa shape index (κ2) is 6.03. The van der Waals surface area contributed by atoms with Crippen molar-refractivity contribution in [2.24, 2.45) is 0 Å². The smallest absolute Gasteiger partial charge is 0.215 e. The van der Waals surface area contributed by atoms with Crippen molar-refractivity contribution in [2.45, 2.75) is 64.9 Å². The molecule has 0 amide bonds. The molecule has 0 unspecified atom stereocenters. The minimum atomic E-state index is -0.544. The van der Waals surface area contributed by atoms with Gasteiger partial charge < -0.3 is 4.74 Å². The molecule has 0 atom stereocenters. The van der Waals surface area contributed by atoms with Crippen LogP contribution in [-0.4, -0.2) is 11.4 Å². The van der Waals surface area contributed by atoms with Crippen molar-refractivity contribution in [3.8, 4) is 0 Å². The van der Waals surface area contributed by atoms with Gasteiger partial charge in [-0.1, -0.05) is 33.6 Å². The Morgan fingerprint density at radius 2 is 1.81 bits per heavy atom. The van der Waals surface area contributed by atoms with Crippen molar-refractivity contribution in [3.63, 3.8) is 0 Å². The number of hydrogen-bond donors (Lipinski definition) is 0. The molecule has 2 nitrogen and oxygen atoms in total. The average molecular weight is 336 g/mol. The monoisotopic (exact) mass is 336 g/mol. The van der Waals surface area contributed by atoms with Gasteiger partial charge in [0.1, 0.15) is 5.76 Å². The van der Waals surface area contributed by atoms with Crippen LogP contribution in [-0.2, 0) is 9.53 Å². The molecule has 0 aromatic heterocycles. The van der Waals surface area contributed by atoms with Crippen LogP contribution in [0.15, 0.2) is 9.34 Å². The quantitative estimate of drug-likeness (QED) is 0.532. The zero-order valence-electron chi connectivity index (χ0n) is 10.4. The Labute approximate surface area is 112 Å². The molecule has 0 spiro atoms. The fraction of sp³-hybridized carbons (Fsp3) is 0.769. The predicted molar refractivity (Wildman–Crippen MR) is 74.6 cm³/mol. The van der Waals surface area contributed by atoms with Gasteiger partial charge in [0.05, 0.1) is 3.58 Å². The van der Waals surface area contributed by atoms with Crippen molar-refractivity contribution < 1.29 is 9.53 Å².